The summed E-state index contributed by atoms with van der Waals surface area (Å²) in [5.74, 6) is 2.54. The van der Waals surface area contributed by atoms with Crippen molar-refractivity contribution in [3.05, 3.63) is 22.2 Å². The van der Waals surface area contributed by atoms with E-state index in [0.29, 0.717) is 17.6 Å². The molecular weight excluding hydrogens is 332 g/mol. The van der Waals surface area contributed by atoms with Crippen LogP contribution >= 0.6 is 15.9 Å². The number of hydrogen-bond donors (Lipinski definition) is 1. The van der Waals surface area contributed by atoms with E-state index >= 15 is 0 Å². The van der Waals surface area contributed by atoms with Crippen LogP contribution in [0.2, 0.25) is 0 Å². The molecule has 0 amide bonds. The summed E-state index contributed by atoms with van der Waals surface area (Å²) < 4.78 is 11.6. The molecule has 0 spiro atoms. The minimum Gasteiger partial charge on any atom is -0.495 e. The minimum atomic E-state index is -0.812. The molecular formula is C17H25BrO3. The maximum Gasteiger partial charge on any atom is 0.142 e. The minimum absolute atomic E-state index is 0.550. The van der Waals surface area contributed by atoms with Crippen molar-refractivity contribution >= 4 is 15.9 Å². The molecule has 1 aromatic rings. The zero-order chi connectivity index (χ0) is 15.6. The van der Waals surface area contributed by atoms with Crippen molar-refractivity contribution in [2.45, 2.75) is 45.1 Å². The van der Waals surface area contributed by atoms with Crippen LogP contribution in [0.5, 0.6) is 11.5 Å². The van der Waals surface area contributed by atoms with Crippen LogP contribution in [0, 0.1) is 11.8 Å². The van der Waals surface area contributed by atoms with Gasteiger partial charge >= 0.3 is 0 Å². The molecule has 0 saturated heterocycles. The Balaban J connectivity index is 2.42. The molecule has 1 aromatic carbocycles. The van der Waals surface area contributed by atoms with Gasteiger partial charge in [-0.1, -0.05) is 13.8 Å². The molecule has 1 aliphatic rings. The molecule has 0 bridgehead atoms. The molecule has 118 valence electrons. The fourth-order valence-corrected chi connectivity index (χ4v) is 4.04. The van der Waals surface area contributed by atoms with Gasteiger partial charge < -0.3 is 14.6 Å². The molecule has 21 heavy (non-hydrogen) atoms. The second kappa shape index (κ2) is 6.57. The number of rotatable bonds is 4. The summed E-state index contributed by atoms with van der Waals surface area (Å²) in [6, 6.07) is 3.82. The summed E-state index contributed by atoms with van der Waals surface area (Å²) in [6.45, 7) is 4.47. The van der Waals surface area contributed by atoms with Crippen molar-refractivity contribution < 1.29 is 14.6 Å². The Hall–Kier alpha value is -0.740. The highest BCUT2D eigenvalue weighted by molar-refractivity contribution is 9.10. The molecule has 3 nitrogen and oxygen atoms in total. The molecule has 1 N–H and O–H groups in total. The summed E-state index contributed by atoms with van der Waals surface area (Å²) in [5.41, 5.74) is 0.0517. The smallest absolute Gasteiger partial charge is 0.142 e. The first kappa shape index (κ1) is 16.6. The molecule has 0 heterocycles. The van der Waals surface area contributed by atoms with E-state index in [9.17, 15) is 5.11 Å². The molecule has 1 aliphatic carbocycles. The Morgan fingerprint density at radius 3 is 2.57 bits per heavy atom. The van der Waals surface area contributed by atoms with Gasteiger partial charge in [0.15, 0.2) is 0 Å². The maximum absolute atomic E-state index is 11.2. The Morgan fingerprint density at radius 1 is 1.29 bits per heavy atom. The lowest BCUT2D eigenvalue weighted by atomic mass is 9.71. The third kappa shape index (κ3) is 3.21. The van der Waals surface area contributed by atoms with E-state index in [0.717, 1.165) is 35.0 Å². The van der Waals surface area contributed by atoms with Gasteiger partial charge in [0.2, 0.25) is 0 Å². The summed E-state index contributed by atoms with van der Waals surface area (Å²) >= 11 is 3.53. The third-order valence-corrected chi connectivity index (χ3v) is 5.45. The van der Waals surface area contributed by atoms with E-state index in [4.69, 9.17) is 9.47 Å². The topological polar surface area (TPSA) is 38.7 Å². The number of benzene rings is 1. The van der Waals surface area contributed by atoms with Gasteiger partial charge in [-0.2, -0.15) is 0 Å². The summed E-state index contributed by atoms with van der Waals surface area (Å²) in [7, 11) is 3.26. The SMILES string of the molecule is COc1ccc(C2(O)CCCC(C(C)C)C2)c(OC)c1Br. The summed E-state index contributed by atoms with van der Waals surface area (Å²) in [6.07, 6.45) is 3.82. The average Bonchev–Trinajstić information content (AvgIpc) is 2.46. The van der Waals surface area contributed by atoms with Crippen LogP contribution in [0.3, 0.4) is 0 Å². The summed E-state index contributed by atoms with van der Waals surface area (Å²) in [4.78, 5) is 0. The van der Waals surface area contributed by atoms with Crippen LogP contribution in [-0.4, -0.2) is 19.3 Å². The Morgan fingerprint density at radius 2 is 2.00 bits per heavy atom. The predicted molar refractivity (Wildman–Crippen MR) is 87.9 cm³/mol. The number of hydrogen-bond acceptors (Lipinski definition) is 3. The van der Waals surface area contributed by atoms with E-state index in [2.05, 4.69) is 29.8 Å². The van der Waals surface area contributed by atoms with Gasteiger partial charge in [-0.3, -0.25) is 0 Å². The van der Waals surface area contributed by atoms with E-state index in [1.54, 1.807) is 14.2 Å². The predicted octanol–water partition coefficient (Wildman–Crippen LogP) is 4.50. The highest BCUT2D eigenvalue weighted by Crippen LogP contribution is 2.48. The van der Waals surface area contributed by atoms with E-state index < -0.39 is 5.60 Å². The van der Waals surface area contributed by atoms with Crippen LogP contribution in [0.15, 0.2) is 16.6 Å². The molecule has 1 saturated carbocycles. The second-order valence-electron chi connectivity index (χ2n) is 6.29. The Labute approximate surface area is 135 Å². The van der Waals surface area contributed by atoms with E-state index in [1.165, 1.54) is 6.42 Å². The Bertz CT molecular complexity index is 501. The van der Waals surface area contributed by atoms with Crippen molar-refractivity contribution in [1.82, 2.24) is 0 Å². The van der Waals surface area contributed by atoms with Crippen LogP contribution in [0.1, 0.15) is 45.1 Å². The van der Waals surface area contributed by atoms with Crippen molar-refractivity contribution in [3.8, 4) is 11.5 Å². The quantitative estimate of drug-likeness (QED) is 0.862. The monoisotopic (exact) mass is 356 g/mol. The first-order valence-corrected chi connectivity index (χ1v) is 8.35. The van der Waals surface area contributed by atoms with Crippen molar-refractivity contribution in [1.29, 1.82) is 0 Å². The van der Waals surface area contributed by atoms with Crippen LogP contribution in [-0.2, 0) is 5.60 Å². The largest absolute Gasteiger partial charge is 0.495 e. The molecule has 4 heteroatoms. The van der Waals surface area contributed by atoms with Crippen LogP contribution in [0.4, 0.5) is 0 Å². The first-order valence-electron chi connectivity index (χ1n) is 7.56. The van der Waals surface area contributed by atoms with Crippen molar-refractivity contribution in [2.24, 2.45) is 11.8 Å². The number of aliphatic hydroxyl groups is 1. The molecule has 0 radical (unpaired) electrons. The maximum atomic E-state index is 11.2. The zero-order valence-corrected chi connectivity index (χ0v) is 14.9. The van der Waals surface area contributed by atoms with Gasteiger partial charge in [-0.05, 0) is 65.6 Å². The lowest BCUT2D eigenvalue weighted by Gasteiger charge is -2.39. The molecule has 0 aliphatic heterocycles. The van der Waals surface area contributed by atoms with Gasteiger partial charge in [0.1, 0.15) is 16.0 Å². The number of ether oxygens (including phenoxy) is 2. The van der Waals surface area contributed by atoms with Gasteiger partial charge in [-0.15, -0.1) is 0 Å². The van der Waals surface area contributed by atoms with Crippen molar-refractivity contribution in [2.75, 3.05) is 14.2 Å². The third-order valence-electron chi connectivity index (χ3n) is 4.70. The first-order chi connectivity index (χ1) is 9.92. The van der Waals surface area contributed by atoms with Crippen molar-refractivity contribution in [3.63, 3.8) is 0 Å². The van der Waals surface area contributed by atoms with Gasteiger partial charge in [0.05, 0.1) is 19.8 Å². The highest BCUT2D eigenvalue weighted by Gasteiger charge is 2.39. The fraction of sp³-hybridized carbons (Fsp3) is 0.647. The molecule has 1 fully saturated rings. The Kier molecular flexibility index (Phi) is 5.20. The lowest BCUT2D eigenvalue weighted by molar-refractivity contribution is -0.0312. The molecule has 2 atom stereocenters. The van der Waals surface area contributed by atoms with Gasteiger partial charge in [-0.25, -0.2) is 0 Å². The van der Waals surface area contributed by atoms with Gasteiger partial charge in [0, 0.05) is 5.56 Å². The second-order valence-corrected chi connectivity index (χ2v) is 7.09. The standard InChI is InChI=1S/C17H25BrO3/c1-11(2)12-6-5-9-17(19,10-12)13-7-8-14(20-3)15(18)16(13)21-4/h7-8,11-12,19H,5-6,9-10H2,1-4H3. The fourth-order valence-electron chi connectivity index (χ4n) is 3.37. The molecule has 0 aromatic heterocycles. The number of halogens is 1. The summed E-state index contributed by atoms with van der Waals surface area (Å²) in [5, 5.41) is 11.2. The molecule has 2 rings (SSSR count). The molecule has 2 unspecified atom stereocenters. The van der Waals surface area contributed by atoms with E-state index in [1.807, 2.05) is 12.1 Å². The van der Waals surface area contributed by atoms with E-state index in [-0.39, 0.29) is 0 Å². The zero-order valence-electron chi connectivity index (χ0n) is 13.3. The highest BCUT2D eigenvalue weighted by atomic mass is 79.9. The van der Waals surface area contributed by atoms with Crippen LogP contribution < -0.4 is 9.47 Å². The lowest BCUT2D eigenvalue weighted by Crippen LogP contribution is -2.34. The average molecular weight is 357 g/mol. The van der Waals surface area contributed by atoms with Crippen LogP contribution in [0.25, 0.3) is 0 Å². The number of methoxy groups -OCH3 is 2. The van der Waals surface area contributed by atoms with Gasteiger partial charge in [0.25, 0.3) is 0 Å². The normalized spacial score (nSPS) is 26.0.